The summed E-state index contributed by atoms with van der Waals surface area (Å²) in [4.78, 5) is 10.4. The lowest BCUT2D eigenvalue weighted by Gasteiger charge is -2.12. The third-order valence-electron chi connectivity index (χ3n) is 3.85. The van der Waals surface area contributed by atoms with Crippen molar-refractivity contribution in [2.45, 2.75) is 6.54 Å². The molecule has 29 heavy (non-hydrogen) atoms. The first kappa shape index (κ1) is 20.8. The summed E-state index contributed by atoms with van der Waals surface area (Å²) >= 11 is 17.3. The van der Waals surface area contributed by atoms with Crippen molar-refractivity contribution in [2.75, 3.05) is 17.7 Å². The predicted octanol–water partition coefficient (Wildman–Crippen LogP) is 4.96. The molecule has 0 radical (unpaired) electrons. The number of nitrogens with zero attached hydrogens (tertiary/aromatic N) is 3. The Labute approximate surface area is 181 Å². The minimum absolute atomic E-state index is 0.0766. The number of non-ortho nitro benzene ring substituents is 1. The second-order valence-corrected chi connectivity index (χ2v) is 7.09. The number of hydrogen-bond acceptors (Lipinski definition) is 5. The second-order valence-electron chi connectivity index (χ2n) is 5.87. The van der Waals surface area contributed by atoms with Crippen molar-refractivity contribution in [3.63, 3.8) is 0 Å². The maximum absolute atomic E-state index is 10.9. The number of benzene rings is 2. The molecular formula is C18H15Cl2N5O3S. The van der Waals surface area contributed by atoms with Crippen molar-refractivity contribution in [2.24, 2.45) is 0 Å². The molecule has 150 valence electrons. The number of hydrogen-bond donors (Lipinski definition) is 2. The van der Waals surface area contributed by atoms with Crippen LogP contribution in [0.4, 0.5) is 17.2 Å². The summed E-state index contributed by atoms with van der Waals surface area (Å²) in [6, 6.07) is 11.4. The van der Waals surface area contributed by atoms with Gasteiger partial charge >= 0.3 is 0 Å². The van der Waals surface area contributed by atoms with Gasteiger partial charge in [0.05, 0.1) is 40.4 Å². The summed E-state index contributed by atoms with van der Waals surface area (Å²) in [6.45, 7) is 0.509. The van der Waals surface area contributed by atoms with Crippen LogP contribution in [0, 0.1) is 10.1 Å². The molecule has 0 spiro atoms. The van der Waals surface area contributed by atoms with Gasteiger partial charge in [0.1, 0.15) is 5.75 Å². The maximum atomic E-state index is 10.9. The number of aromatic nitrogens is 2. The number of thiocarbonyl (C=S) groups is 1. The van der Waals surface area contributed by atoms with Gasteiger partial charge in [0.2, 0.25) is 0 Å². The number of ether oxygens (including phenoxy) is 1. The summed E-state index contributed by atoms with van der Waals surface area (Å²) in [7, 11) is 1.42. The molecule has 0 amide bonds. The lowest BCUT2D eigenvalue weighted by Crippen LogP contribution is -2.20. The molecule has 0 aliphatic heterocycles. The zero-order valence-electron chi connectivity index (χ0n) is 15.1. The van der Waals surface area contributed by atoms with Gasteiger partial charge in [0.25, 0.3) is 5.69 Å². The quantitative estimate of drug-likeness (QED) is 0.310. The standard InChI is InChI=1S/C18H15Cl2N5O3S/c1-28-16-9-12(25(26)27)3-5-15(16)21-18(29)22-17-6-7-24(23-17)10-11-2-4-13(19)14(20)8-11/h2-9H,10H2,1H3,(H2,21,22,23,29). The second kappa shape index (κ2) is 9.08. The molecular weight excluding hydrogens is 437 g/mol. The number of anilines is 2. The Morgan fingerprint density at radius 3 is 2.69 bits per heavy atom. The van der Waals surface area contributed by atoms with E-state index < -0.39 is 4.92 Å². The van der Waals surface area contributed by atoms with Crippen LogP contribution in [-0.2, 0) is 6.54 Å². The van der Waals surface area contributed by atoms with Crippen molar-refractivity contribution < 1.29 is 9.66 Å². The van der Waals surface area contributed by atoms with Crippen LogP contribution in [0.15, 0.2) is 48.7 Å². The van der Waals surface area contributed by atoms with Gasteiger partial charge in [-0.05, 0) is 36.0 Å². The van der Waals surface area contributed by atoms with Crippen LogP contribution in [0.2, 0.25) is 10.0 Å². The van der Waals surface area contributed by atoms with Gasteiger partial charge in [0.15, 0.2) is 10.9 Å². The van der Waals surface area contributed by atoms with Crippen molar-refractivity contribution in [3.05, 3.63) is 74.4 Å². The molecule has 0 saturated heterocycles. The van der Waals surface area contributed by atoms with E-state index in [2.05, 4.69) is 15.7 Å². The lowest BCUT2D eigenvalue weighted by molar-refractivity contribution is -0.384. The monoisotopic (exact) mass is 451 g/mol. The van der Waals surface area contributed by atoms with Crippen LogP contribution in [0.5, 0.6) is 5.75 Å². The highest BCUT2D eigenvalue weighted by Gasteiger charge is 2.13. The summed E-state index contributed by atoms with van der Waals surface area (Å²) in [5, 5.41) is 22.4. The average molecular weight is 452 g/mol. The number of nitro groups is 1. The predicted molar refractivity (Wildman–Crippen MR) is 117 cm³/mol. The summed E-state index contributed by atoms with van der Waals surface area (Å²) in [5.74, 6) is 0.830. The Balaban J connectivity index is 1.64. The normalized spacial score (nSPS) is 10.4. The first-order chi connectivity index (χ1) is 13.9. The minimum atomic E-state index is -0.497. The van der Waals surface area contributed by atoms with Crippen LogP contribution in [-0.4, -0.2) is 26.9 Å². The zero-order valence-corrected chi connectivity index (χ0v) is 17.4. The Bertz CT molecular complexity index is 1070. The molecule has 1 heterocycles. The molecule has 0 saturated carbocycles. The van der Waals surface area contributed by atoms with E-state index >= 15 is 0 Å². The van der Waals surface area contributed by atoms with E-state index in [1.54, 1.807) is 29.1 Å². The fraction of sp³-hybridized carbons (Fsp3) is 0.111. The fourth-order valence-electron chi connectivity index (χ4n) is 2.51. The smallest absolute Gasteiger partial charge is 0.273 e. The zero-order chi connectivity index (χ0) is 21.0. The van der Waals surface area contributed by atoms with E-state index in [1.165, 1.54) is 25.3 Å². The van der Waals surface area contributed by atoms with E-state index in [9.17, 15) is 10.1 Å². The lowest BCUT2D eigenvalue weighted by atomic mass is 10.2. The van der Waals surface area contributed by atoms with Crippen molar-refractivity contribution in [3.8, 4) is 5.75 Å². The van der Waals surface area contributed by atoms with Crippen LogP contribution < -0.4 is 15.4 Å². The average Bonchev–Trinajstić information content (AvgIpc) is 3.11. The molecule has 3 aromatic rings. The Hall–Kier alpha value is -2.88. The van der Waals surface area contributed by atoms with E-state index in [0.717, 1.165) is 5.56 Å². The van der Waals surface area contributed by atoms with Gasteiger partial charge < -0.3 is 15.4 Å². The third-order valence-corrected chi connectivity index (χ3v) is 4.80. The SMILES string of the molecule is COc1cc([N+](=O)[O-])ccc1NC(=S)Nc1ccn(Cc2ccc(Cl)c(Cl)c2)n1. The van der Waals surface area contributed by atoms with Gasteiger partial charge in [0, 0.05) is 18.3 Å². The molecule has 3 rings (SSSR count). The molecule has 1 aromatic heterocycles. The van der Waals surface area contributed by atoms with Gasteiger partial charge in [-0.3, -0.25) is 14.8 Å². The Morgan fingerprint density at radius 2 is 2.00 bits per heavy atom. The highest BCUT2D eigenvalue weighted by Crippen LogP contribution is 2.29. The number of halogens is 2. The highest BCUT2D eigenvalue weighted by atomic mass is 35.5. The number of rotatable bonds is 6. The molecule has 0 aliphatic carbocycles. The molecule has 0 bridgehead atoms. The van der Waals surface area contributed by atoms with E-state index in [0.29, 0.717) is 33.8 Å². The van der Waals surface area contributed by atoms with Crippen LogP contribution in [0.3, 0.4) is 0 Å². The first-order valence-corrected chi connectivity index (χ1v) is 9.40. The number of nitro benzene ring substituents is 1. The molecule has 0 aliphatic rings. The van der Waals surface area contributed by atoms with Crippen LogP contribution in [0.25, 0.3) is 0 Å². The molecule has 8 nitrogen and oxygen atoms in total. The molecule has 2 aromatic carbocycles. The van der Waals surface area contributed by atoms with Gasteiger partial charge in [-0.2, -0.15) is 5.10 Å². The van der Waals surface area contributed by atoms with E-state index in [-0.39, 0.29) is 10.8 Å². The maximum Gasteiger partial charge on any atom is 0.273 e. The summed E-state index contributed by atoms with van der Waals surface area (Å²) < 4.78 is 6.90. The molecule has 0 fully saturated rings. The van der Waals surface area contributed by atoms with Crippen molar-refractivity contribution in [1.29, 1.82) is 0 Å². The van der Waals surface area contributed by atoms with E-state index in [4.69, 9.17) is 40.2 Å². The van der Waals surface area contributed by atoms with Crippen molar-refractivity contribution in [1.82, 2.24) is 9.78 Å². The molecule has 2 N–H and O–H groups in total. The molecule has 0 atom stereocenters. The largest absolute Gasteiger partial charge is 0.494 e. The van der Waals surface area contributed by atoms with Gasteiger partial charge in [-0.1, -0.05) is 29.3 Å². The summed E-state index contributed by atoms with van der Waals surface area (Å²) in [5.41, 5.74) is 1.36. The molecule has 11 heteroatoms. The fourth-order valence-corrected chi connectivity index (χ4v) is 3.04. The number of nitrogens with one attached hydrogen (secondary N) is 2. The van der Waals surface area contributed by atoms with Gasteiger partial charge in [-0.15, -0.1) is 0 Å². The highest BCUT2D eigenvalue weighted by molar-refractivity contribution is 7.80. The van der Waals surface area contributed by atoms with Crippen LogP contribution in [0.1, 0.15) is 5.56 Å². The Kier molecular flexibility index (Phi) is 6.53. The first-order valence-electron chi connectivity index (χ1n) is 8.23. The van der Waals surface area contributed by atoms with Crippen LogP contribution >= 0.6 is 35.4 Å². The third kappa shape index (κ3) is 5.35. The minimum Gasteiger partial charge on any atom is -0.494 e. The van der Waals surface area contributed by atoms with Gasteiger partial charge in [-0.25, -0.2) is 0 Å². The topological polar surface area (TPSA) is 94.3 Å². The van der Waals surface area contributed by atoms with Crippen molar-refractivity contribution >= 4 is 57.7 Å². The Morgan fingerprint density at radius 1 is 1.21 bits per heavy atom. The summed E-state index contributed by atoms with van der Waals surface area (Å²) in [6.07, 6.45) is 1.79. The number of methoxy groups -OCH3 is 1. The van der Waals surface area contributed by atoms with E-state index in [1.807, 2.05) is 6.07 Å². The molecule has 0 unspecified atom stereocenters.